The monoisotopic (exact) mass is 735 g/mol. The number of hydrogen-bond donors (Lipinski definition) is 8. The molecule has 284 valence electrons. The molecule has 3 aliphatic rings. The number of fused-ring (bicyclic) bond motifs is 2. The lowest BCUT2D eigenvalue weighted by Crippen LogP contribution is -3.12. The number of benzene rings is 3. The second kappa shape index (κ2) is 18.0. The van der Waals surface area contributed by atoms with Gasteiger partial charge < -0.3 is 36.0 Å². The Balaban J connectivity index is 1.16. The first-order valence-corrected chi connectivity index (χ1v) is 18.8. The molecule has 0 aliphatic carbocycles. The number of Topliss-reactive ketones (excluding diaryl/α,β-unsaturated/α-hetero) is 1. The molecule has 6 rings (SSSR count). The molecule has 3 aromatic carbocycles. The van der Waals surface area contributed by atoms with Gasteiger partial charge in [0.1, 0.15) is 42.5 Å². The number of nitrogens with two attached hydrogens (primary N) is 1. The Labute approximate surface area is 316 Å². The lowest BCUT2D eigenvalue weighted by atomic mass is 9.91. The van der Waals surface area contributed by atoms with Crippen LogP contribution in [0.4, 0.5) is 0 Å². The van der Waals surface area contributed by atoms with Crippen LogP contribution in [0.15, 0.2) is 89.2 Å². The number of aromatic hydroxyl groups is 2. The molecule has 2 bridgehead atoms. The summed E-state index contributed by atoms with van der Waals surface area (Å²) in [5.41, 5.74) is 13.7. The molecule has 0 amide bonds. The maximum absolute atomic E-state index is 12.6. The molecule has 0 saturated heterocycles. The van der Waals surface area contributed by atoms with Crippen LogP contribution in [0, 0.1) is 11.8 Å². The van der Waals surface area contributed by atoms with Gasteiger partial charge in [-0.3, -0.25) is 20.0 Å². The maximum atomic E-state index is 12.6. The van der Waals surface area contributed by atoms with Crippen LogP contribution in [-0.2, 0) is 24.1 Å². The van der Waals surface area contributed by atoms with E-state index in [1.807, 2.05) is 49.5 Å². The van der Waals surface area contributed by atoms with Crippen LogP contribution >= 0.6 is 0 Å². The summed E-state index contributed by atoms with van der Waals surface area (Å²) < 4.78 is 6.39. The first-order valence-electron chi connectivity index (χ1n) is 18.8. The van der Waals surface area contributed by atoms with Gasteiger partial charge in [0.15, 0.2) is 11.5 Å². The number of aliphatic imine (C=N–C) groups is 1. The van der Waals surface area contributed by atoms with Crippen LogP contribution in [-0.4, -0.2) is 68.6 Å². The molecular weight excluding hydrogens is 684 g/mol. The van der Waals surface area contributed by atoms with Crippen LogP contribution in [0.25, 0.3) is 0 Å². The third-order valence-corrected chi connectivity index (χ3v) is 10.2. The number of hydrogen-bond acceptors (Lipinski definition) is 10. The number of quaternary nitrogens is 1. The zero-order valence-electron chi connectivity index (χ0n) is 30.7. The van der Waals surface area contributed by atoms with Crippen LogP contribution in [0.2, 0.25) is 0 Å². The highest BCUT2D eigenvalue weighted by Crippen LogP contribution is 2.35. The second-order valence-electron chi connectivity index (χ2n) is 14.4. The number of carbonyl (C=O) groups is 1. The van der Waals surface area contributed by atoms with Crippen molar-refractivity contribution < 1.29 is 40.0 Å². The number of ketones is 1. The predicted octanol–water partition coefficient (Wildman–Crippen LogP) is 3.20. The summed E-state index contributed by atoms with van der Waals surface area (Å²) in [7, 11) is 0. The van der Waals surface area contributed by atoms with Crippen molar-refractivity contribution in [2.75, 3.05) is 13.1 Å². The topological polar surface area (TPSA) is 182 Å². The molecule has 54 heavy (non-hydrogen) atoms. The molecule has 3 aromatic rings. The third kappa shape index (κ3) is 9.84. The van der Waals surface area contributed by atoms with Gasteiger partial charge in [-0.25, -0.2) is 0 Å². The Morgan fingerprint density at radius 1 is 1.07 bits per heavy atom. The molecule has 9 N–H and O–H groups in total. The summed E-state index contributed by atoms with van der Waals surface area (Å²) in [5, 5.41) is 56.4. The number of rotatable bonds is 16. The van der Waals surface area contributed by atoms with Crippen molar-refractivity contribution >= 4 is 11.5 Å². The number of phenols is 2. The summed E-state index contributed by atoms with van der Waals surface area (Å²) in [6, 6.07) is 18.8. The maximum Gasteiger partial charge on any atom is 0.247 e. The normalized spacial score (nSPS) is 20.5. The molecule has 11 nitrogen and oxygen atoms in total. The Hall–Kier alpha value is -4.80. The molecule has 0 aromatic heterocycles. The number of phenolic OH excluding ortho intramolecular Hbond substituents is 2. The SMILES string of the molecule is CCCC(O)CC(O)CC(=O)CCc1cc(OC2CC#CC(O)c3ccc(C(N)NCCc4ccccc4)cc3CC3=CN=C4C[NH+]2C=C34)c(O)cc1O. The van der Waals surface area contributed by atoms with E-state index in [2.05, 4.69) is 35.5 Å². The van der Waals surface area contributed by atoms with Crippen LogP contribution in [0.5, 0.6) is 17.2 Å². The fourth-order valence-electron chi connectivity index (χ4n) is 7.26. The lowest BCUT2D eigenvalue weighted by Gasteiger charge is -2.23. The number of allylic oxidation sites excluding steroid dienone is 1. The summed E-state index contributed by atoms with van der Waals surface area (Å²) >= 11 is 0. The Morgan fingerprint density at radius 2 is 1.89 bits per heavy atom. The molecule has 0 saturated carbocycles. The minimum atomic E-state index is -1.06. The van der Waals surface area contributed by atoms with E-state index in [0.29, 0.717) is 37.1 Å². The van der Waals surface area contributed by atoms with E-state index in [-0.39, 0.29) is 55.1 Å². The summed E-state index contributed by atoms with van der Waals surface area (Å²) in [6.45, 7) is 3.19. The zero-order valence-corrected chi connectivity index (χ0v) is 30.7. The second-order valence-corrected chi connectivity index (χ2v) is 14.4. The van der Waals surface area contributed by atoms with E-state index < -0.39 is 30.7 Å². The quantitative estimate of drug-likeness (QED) is 0.0810. The van der Waals surface area contributed by atoms with Crippen molar-refractivity contribution in [3.05, 3.63) is 112 Å². The molecule has 11 heteroatoms. The number of aliphatic hydroxyl groups is 3. The molecule has 6 unspecified atom stereocenters. The molecule has 0 fully saturated rings. The van der Waals surface area contributed by atoms with Gasteiger partial charge in [-0.05, 0) is 65.1 Å². The first-order chi connectivity index (χ1) is 26.1. The molecule has 6 atom stereocenters. The highest BCUT2D eigenvalue weighted by molar-refractivity contribution is 6.08. The van der Waals surface area contributed by atoms with Gasteiger partial charge in [0.2, 0.25) is 6.23 Å². The van der Waals surface area contributed by atoms with Crippen molar-refractivity contribution in [1.29, 1.82) is 0 Å². The highest BCUT2D eigenvalue weighted by Gasteiger charge is 2.36. The van der Waals surface area contributed by atoms with Gasteiger partial charge >= 0.3 is 0 Å². The van der Waals surface area contributed by atoms with Crippen LogP contribution in [0.1, 0.15) is 85.5 Å². The standard InChI is InChI=1S/C43H50N4O7/c1-2-7-32(48)21-34(50)22-33(49)14-12-28-20-41(40(53)23-39(28)52)54-42-11-6-10-38(51)35-15-13-29(43(44)45-17-16-27-8-4-3-5-9-27)18-30(35)19-31-24-46-37-26-47(42)25-36(31)37/h3-5,8-9,13,15,18,20,23-25,32,34,38,42-43,45,48,50-53H,2,7,11-12,14,16-17,19,21-22,26,44H2,1H3/p+1. The summed E-state index contributed by atoms with van der Waals surface area (Å²) in [5.74, 6) is 5.61. The lowest BCUT2D eigenvalue weighted by molar-refractivity contribution is -0.882. The van der Waals surface area contributed by atoms with Gasteiger partial charge in [-0.1, -0.05) is 73.7 Å². The highest BCUT2D eigenvalue weighted by atomic mass is 16.5. The summed E-state index contributed by atoms with van der Waals surface area (Å²) in [6.07, 6.45) is 3.51. The van der Waals surface area contributed by atoms with Gasteiger partial charge in [0.25, 0.3) is 0 Å². The predicted molar refractivity (Wildman–Crippen MR) is 206 cm³/mol. The zero-order chi connectivity index (χ0) is 38.2. The van der Waals surface area contributed by atoms with Crippen LogP contribution in [0.3, 0.4) is 0 Å². The fourth-order valence-corrected chi connectivity index (χ4v) is 7.26. The van der Waals surface area contributed by atoms with E-state index in [0.717, 1.165) is 45.7 Å². The van der Waals surface area contributed by atoms with E-state index in [9.17, 15) is 30.3 Å². The average Bonchev–Trinajstić information content (AvgIpc) is 3.73. The van der Waals surface area contributed by atoms with E-state index in [4.69, 9.17) is 15.5 Å². The van der Waals surface area contributed by atoms with Crippen LogP contribution < -0.4 is 20.7 Å². The van der Waals surface area contributed by atoms with Crippen molar-refractivity contribution in [2.24, 2.45) is 10.7 Å². The molecular formula is C43H51N4O7+. The smallest absolute Gasteiger partial charge is 0.247 e. The largest absolute Gasteiger partial charge is 0.508 e. The summed E-state index contributed by atoms with van der Waals surface area (Å²) in [4.78, 5) is 18.3. The number of carbonyl (C=O) groups excluding carboxylic acids is 1. The van der Waals surface area contributed by atoms with Gasteiger partial charge in [-0.2, -0.15) is 0 Å². The number of ether oxygens (including phenoxy) is 1. The van der Waals surface area contributed by atoms with Gasteiger partial charge in [-0.15, -0.1) is 0 Å². The average molecular weight is 736 g/mol. The van der Waals surface area contributed by atoms with E-state index in [1.165, 1.54) is 17.7 Å². The van der Waals surface area contributed by atoms with Crippen molar-refractivity contribution in [1.82, 2.24) is 5.32 Å². The van der Waals surface area contributed by atoms with E-state index >= 15 is 0 Å². The van der Waals surface area contributed by atoms with Crippen molar-refractivity contribution in [2.45, 2.75) is 95.4 Å². The molecule has 0 spiro atoms. The third-order valence-electron chi connectivity index (χ3n) is 10.2. The van der Waals surface area contributed by atoms with E-state index in [1.54, 1.807) is 0 Å². The number of nitrogens with one attached hydrogen (secondary N) is 2. The molecule has 3 aliphatic heterocycles. The minimum absolute atomic E-state index is 0.0591. The Bertz CT molecular complexity index is 1970. The fraction of sp³-hybridized carbons (Fsp3) is 0.395. The molecule has 0 radical (unpaired) electrons. The van der Waals surface area contributed by atoms with Crippen molar-refractivity contribution in [3.8, 4) is 29.1 Å². The molecule has 3 heterocycles. The van der Waals surface area contributed by atoms with Gasteiger partial charge in [0.05, 0.1) is 23.9 Å². The number of aryl methyl sites for hydroxylation is 1. The number of nitrogens with zero attached hydrogens (tertiary/aromatic N) is 1. The van der Waals surface area contributed by atoms with Crippen molar-refractivity contribution in [3.63, 3.8) is 0 Å². The minimum Gasteiger partial charge on any atom is -0.508 e. The Kier molecular flexibility index (Phi) is 13.0. The Morgan fingerprint density at radius 3 is 2.69 bits per heavy atom. The number of aliphatic hydroxyl groups excluding tert-OH is 3. The van der Waals surface area contributed by atoms with Gasteiger partial charge in [0, 0.05) is 38.1 Å². The first kappa shape index (κ1) is 38.9.